The van der Waals surface area contributed by atoms with Crippen molar-refractivity contribution in [1.29, 1.82) is 0 Å². The van der Waals surface area contributed by atoms with Crippen molar-refractivity contribution in [3.8, 4) is 5.75 Å². The van der Waals surface area contributed by atoms with Gasteiger partial charge in [0.2, 0.25) is 0 Å². The quantitative estimate of drug-likeness (QED) is 0.308. The minimum atomic E-state index is -0.201. The van der Waals surface area contributed by atoms with Crippen LogP contribution in [0.4, 0.5) is 5.69 Å². The maximum absolute atomic E-state index is 12.8. The van der Waals surface area contributed by atoms with Crippen LogP contribution in [0.15, 0.2) is 72.8 Å². The number of benzene rings is 3. The molecule has 0 N–H and O–H groups in total. The lowest BCUT2D eigenvalue weighted by molar-refractivity contribution is 0.0989. The Labute approximate surface area is 183 Å². The highest BCUT2D eigenvalue weighted by Crippen LogP contribution is 2.29. The Kier molecular flexibility index (Phi) is 6.99. The number of nitrogens with zero attached hydrogens (tertiary/aromatic N) is 1. The molecule has 0 aromatic heterocycles. The fraction of sp³-hybridized carbons (Fsp3) is 0.222. The van der Waals surface area contributed by atoms with Crippen molar-refractivity contribution in [1.82, 2.24) is 0 Å². The predicted octanol–water partition coefficient (Wildman–Crippen LogP) is 6.64. The number of carbonyl (C=O) groups excluding carboxylic acids is 2. The minimum Gasteiger partial charge on any atom is -0.485 e. The van der Waals surface area contributed by atoms with Crippen molar-refractivity contribution >= 4 is 17.3 Å². The van der Waals surface area contributed by atoms with Gasteiger partial charge < -0.3 is 4.74 Å². The van der Waals surface area contributed by atoms with Gasteiger partial charge in [-0.2, -0.15) is 0 Å². The van der Waals surface area contributed by atoms with Crippen molar-refractivity contribution in [3.63, 3.8) is 0 Å². The molecule has 1 unspecified atom stereocenters. The van der Waals surface area contributed by atoms with Crippen LogP contribution in [0.25, 0.3) is 4.85 Å². The summed E-state index contributed by atoms with van der Waals surface area (Å²) in [5.74, 6) is 0.850. The first-order valence-corrected chi connectivity index (χ1v) is 10.2. The average molecular weight is 412 g/mol. The SMILES string of the molecule is [C-]#[N+]c1ccc(CC(=O)c2cccc(OC(c3ccc(C(C)=O)cc3)C(C)C)c2)cc1. The molecule has 0 amide bonds. The summed E-state index contributed by atoms with van der Waals surface area (Å²) < 4.78 is 6.26. The monoisotopic (exact) mass is 411 g/mol. The standard InChI is InChI=1S/C27H25NO3/c1-18(2)27(22-12-10-21(11-13-22)19(3)29)31-25-7-5-6-23(17-25)26(30)16-20-8-14-24(28-4)15-9-20/h5-15,17-18,27H,16H2,1-3H3. The summed E-state index contributed by atoms with van der Waals surface area (Å²) in [5, 5.41) is 0. The summed E-state index contributed by atoms with van der Waals surface area (Å²) in [5.41, 5.74) is 3.66. The number of rotatable bonds is 8. The van der Waals surface area contributed by atoms with Crippen molar-refractivity contribution in [2.24, 2.45) is 5.92 Å². The third-order valence-electron chi connectivity index (χ3n) is 5.10. The van der Waals surface area contributed by atoms with Crippen LogP contribution in [0.3, 0.4) is 0 Å². The molecular weight excluding hydrogens is 386 g/mol. The lowest BCUT2D eigenvalue weighted by atomic mass is 9.97. The highest BCUT2D eigenvalue weighted by Gasteiger charge is 2.19. The van der Waals surface area contributed by atoms with Crippen LogP contribution < -0.4 is 4.74 Å². The van der Waals surface area contributed by atoms with Gasteiger partial charge in [0.25, 0.3) is 0 Å². The summed E-state index contributed by atoms with van der Waals surface area (Å²) >= 11 is 0. The first-order valence-electron chi connectivity index (χ1n) is 10.2. The van der Waals surface area contributed by atoms with E-state index in [1.54, 1.807) is 31.2 Å². The second kappa shape index (κ2) is 9.86. The first-order chi connectivity index (χ1) is 14.9. The van der Waals surface area contributed by atoms with E-state index < -0.39 is 0 Å². The summed E-state index contributed by atoms with van der Waals surface area (Å²) in [7, 11) is 0. The molecule has 156 valence electrons. The molecule has 1 atom stereocenters. The number of carbonyl (C=O) groups is 2. The van der Waals surface area contributed by atoms with E-state index in [-0.39, 0.29) is 30.0 Å². The molecule has 0 spiro atoms. The molecule has 0 radical (unpaired) electrons. The van der Waals surface area contributed by atoms with Gasteiger partial charge in [-0.1, -0.05) is 74.5 Å². The molecule has 0 saturated heterocycles. The molecule has 0 aliphatic heterocycles. The molecule has 0 bridgehead atoms. The lowest BCUT2D eigenvalue weighted by Crippen LogP contribution is -2.15. The van der Waals surface area contributed by atoms with Crippen LogP contribution >= 0.6 is 0 Å². The number of hydrogen-bond acceptors (Lipinski definition) is 3. The highest BCUT2D eigenvalue weighted by atomic mass is 16.5. The number of ether oxygens (including phenoxy) is 1. The Morgan fingerprint density at radius 2 is 1.61 bits per heavy atom. The van der Waals surface area contributed by atoms with Gasteiger partial charge >= 0.3 is 0 Å². The summed E-state index contributed by atoms with van der Waals surface area (Å²) in [6.45, 7) is 12.7. The van der Waals surface area contributed by atoms with E-state index in [4.69, 9.17) is 11.3 Å². The molecule has 4 heteroatoms. The minimum absolute atomic E-state index is 0.00656. The van der Waals surface area contributed by atoms with E-state index in [9.17, 15) is 9.59 Å². The Morgan fingerprint density at radius 1 is 0.935 bits per heavy atom. The fourth-order valence-electron chi connectivity index (χ4n) is 3.36. The van der Waals surface area contributed by atoms with Gasteiger partial charge in [0.15, 0.2) is 17.3 Å². The topological polar surface area (TPSA) is 47.7 Å². The van der Waals surface area contributed by atoms with E-state index >= 15 is 0 Å². The van der Waals surface area contributed by atoms with E-state index in [0.717, 1.165) is 11.1 Å². The highest BCUT2D eigenvalue weighted by molar-refractivity contribution is 5.97. The molecular formula is C27H25NO3. The Balaban J connectivity index is 1.76. The zero-order valence-electron chi connectivity index (χ0n) is 18.0. The Hall–Kier alpha value is -3.71. The molecule has 31 heavy (non-hydrogen) atoms. The van der Waals surface area contributed by atoms with Gasteiger partial charge in [-0.3, -0.25) is 9.59 Å². The molecule has 3 aromatic rings. The average Bonchev–Trinajstić information content (AvgIpc) is 2.78. The molecule has 4 nitrogen and oxygen atoms in total. The van der Waals surface area contributed by atoms with E-state index in [1.165, 1.54) is 0 Å². The fourth-order valence-corrected chi connectivity index (χ4v) is 3.36. The third-order valence-corrected chi connectivity index (χ3v) is 5.10. The smallest absolute Gasteiger partial charge is 0.187 e. The molecule has 0 fully saturated rings. The summed E-state index contributed by atoms with van der Waals surface area (Å²) in [6.07, 6.45) is 0.0644. The van der Waals surface area contributed by atoms with E-state index in [1.807, 2.05) is 48.5 Å². The van der Waals surface area contributed by atoms with Gasteiger partial charge in [-0.25, -0.2) is 4.85 Å². The first kappa shape index (κ1) is 22.0. The Bertz CT molecular complexity index is 1110. The molecule has 0 aliphatic rings. The second-order valence-corrected chi connectivity index (χ2v) is 7.87. The number of Topliss-reactive ketones (excluding diaryl/α,β-unsaturated/α-hetero) is 2. The second-order valence-electron chi connectivity index (χ2n) is 7.87. The van der Waals surface area contributed by atoms with Crippen molar-refractivity contribution in [2.75, 3.05) is 0 Å². The third kappa shape index (κ3) is 5.67. The van der Waals surface area contributed by atoms with Gasteiger partial charge in [0.05, 0.1) is 6.57 Å². The van der Waals surface area contributed by atoms with Crippen molar-refractivity contribution in [3.05, 3.63) is 106 Å². The van der Waals surface area contributed by atoms with Crippen LogP contribution in [0, 0.1) is 12.5 Å². The van der Waals surface area contributed by atoms with Crippen LogP contribution in [0.2, 0.25) is 0 Å². The van der Waals surface area contributed by atoms with Gasteiger partial charge in [0.1, 0.15) is 11.9 Å². The summed E-state index contributed by atoms with van der Waals surface area (Å²) in [6, 6.07) is 21.8. The van der Waals surface area contributed by atoms with Crippen LogP contribution in [-0.2, 0) is 6.42 Å². The zero-order valence-corrected chi connectivity index (χ0v) is 18.0. The molecule has 3 aromatic carbocycles. The normalized spacial score (nSPS) is 11.6. The van der Waals surface area contributed by atoms with Crippen molar-refractivity contribution < 1.29 is 14.3 Å². The van der Waals surface area contributed by atoms with Gasteiger partial charge in [-0.05, 0) is 36.1 Å². The maximum atomic E-state index is 12.8. The maximum Gasteiger partial charge on any atom is 0.187 e. The number of ketones is 2. The number of hydrogen-bond donors (Lipinski definition) is 0. The lowest BCUT2D eigenvalue weighted by Gasteiger charge is -2.23. The molecule has 3 rings (SSSR count). The van der Waals surface area contributed by atoms with Crippen LogP contribution in [0.1, 0.15) is 58.7 Å². The van der Waals surface area contributed by atoms with Crippen LogP contribution in [-0.4, -0.2) is 11.6 Å². The van der Waals surface area contributed by atoms with Crippen LogP contribution in [0.5, 0.6) is 5.75 Å². The molecule has 0 saturated carbocycles. The van der Waals surface area contributed by atoms with E-state index in [0.29, 0.717) is 22.6 Å². The van der Waals surface area contributed by atoms with Crippen molar-refractivity contribution in [2.45, 2.75) is 33.3 Å². The molecule has 0 heterocycles. The zero-order chi connectivity index (χ0) is 22.4. The molecule has 0 aliphatic carbocycles. The Morgan fingerprint density at radius 3 is 2.19 bits per heavy atom. The predicted molar refractivity (Wildman–Crippen MR) is 122 cm³/mol. The largest absolute Gasteiger partial charge is 0.485 e. The van der Waals surface area contributed by atoms with Gasteiger partial charge in [0, 0.05) is 17.5 Å². The van der Waals surface area contributed by atoms with E-state index in [2.05, 4.69) is 18.7 Å². The summed E-state index contributed by atoms with van der Waals surface area (Å²) in [4.78, 5) is 27.7. The van der Waals surface area contributed by atoms with Gasteiger partial charge in [-0.15, -0.1) is 0 Å².